The van der Waals surface area contributed by atoms with Gasteiger partial charge < -0.3 is 14.9 Å². The molecule has 0 spiro atoms. The van der Waals surface area contributed by atoms with Crippen molar-refractivity contribution in [1.82, 2.24) is 5.16 Å². The van der Waals surface area contributed by atoms with Crippen molar-refractivity contribution in [2.24, 2.45) is 0 Å². The van der Waals surface area contributed by atoms with Gasteiger partial charge in [0.15, 0.2) is 0 Å². The van der Waals surface area contributed by atoms with Gasteiger partial charge in [-0.05, 0) is 25.1 Å². The minimum absolute atomic E-state index is 0.0416. The quantitative estimate of drug-likeness (QED) is 0.704. The fraction of sp³-hybridized carbons (Fsp3) is 0.0588. The Kier molecular flexibility index (Phi) is 4.04. The van der Waals surface area contributed by atoms with Crippen molar-refractivity contribution < 1.29 is 14.4 Å². The van der Waals surface area contributed by atoms with Gasteiger partial charge in [0.1, 0.15) is 11.4 Å². The number of amides is 1. The lowest BCUT2D eigenvalue weighted by atomic mass is 10.1. The molecule has 23 heavy (non-hydrogen) atoms. The molecule has 0 unspecified atom stereocenters. The van der Waals surface area contributed by atoms with Crippen LogP contribution in [0.5, 0.6) is 5.75 Å². The molecule has 1 amide bonds. The van der Waals surface area contributed by atoms with Gasteiger partial charge >= 0.3 is 0 Å². The molecule has 0 radical (unpaired) electrons. The van der Waals surface area contributed by atoms with Crippen LogP contribution in [-0.4, -0.2) is 16.2 Å². The van der Waals surface area contributed by atoms with E-state index in [0.29, 0.717) is 10.7 Å². The molecule has 116 valence electrons. The Balaban J connectivity index is 1.81. The number of hydrogen-bond donors (Lipinski definition) is 2. The molecule has 1 heterocycles. The van der Waals surface area contributed by atoms with E-state index in [-0.39, 0.29) is 17.2 Å². The topological polar surface area (TPSA) is 75.4 Å². The maximum absolute atomic E-state index is 12.2. The van der Waals surface area contributed by atoms with Gasteiger partial charge in [0.25, 0.3) is 5.91 Å². The maximum atomic E-state index is 12.2. The predicted octanol–water partition coefficient (Wildman–Crippen LogP) is 4.26. The molecular weight excluding hydrogens is 316 g/mol. The first-order valence-corrected chi connectivity index (χ1v) is 7.24. The summed E-state index contributed by atoms with van der Waals surface area (Å²) in [6, 6.07) is 13.6. The number of anilines is 1. The molecule has 2 N–H and O–H groups in total. The number of hydrogen-bond acceptors (Lipinski definition) is 4. The van der Waals surface area contributed by atoms with Crippen molar-refractivity contribution >= 4 is 23.2 Å². The molecular formula is C17H13ClN2O3. The second-order valence-electron chi connectivity index (χ2n) is 5.06. The third-order valence-corrected chi connectivity index (χ3v) is 3.52. The summed E-state index contributed by atoms with van der Waals surface area (Å²) in [5, 5.41) is 16.5. The molecule has 3 aromatic rings. The molecule has 5 nitrogen and oxygen atoms in total. The van der Waals surface area contributed by atoms with Crippen LogP contribution in [0.3, 0.4) is 0 Å². The van der Waals surface area contributed by atoms with E-state index in [1.54, 1.807) is 6.07 Å². The Labute approximate surface area is 137 Å². The number of nitrogens with zero attached hydrogens (tertiary/aromatic N) is 1. The second-order valence-corrected chi connectivity index (χ2v) is 5.49. The normalized spacial score (nSPS) is 10.5. The van der Waals surface area contributed by atoms with Gasteiger partial charge in [-0.3, -0.25) is 4.79 Å². The van der Waals surface area contributed by atoms with Crippen LogP contribution >= 0.6 is 11.6 Å². The minimum Gasteiger partial charge on any atom is -0.506 e. The van der Waals surface area contributed by atoms with E-state index in [1.165, 1.54) is 18.2 Å². The number of aromatic nitrogens is 1. The van der Waals surface area contributed by atoms with Gasteiger partial charge in [-0.2, -0.15) is 0 Å². The SMILES string of the molecule is Cc1ccc(-c2cc(C(=O)Nc3cc(Cl)ccc3O)on2)cc1. The molecule has 0 fully saturated rings. The highest BCUT2D eigenvalue weighted by atomic mass is 35.5. The predicted molar refractivity (Wildman–Crippen MR) is 87.7 cm³/mol. The van der Waals surface area contributed by atoms with E-state index in [1.807, 2.05) is 31.2 Å². The van der Waals surface area contributed by atoms with Crippen LogP contribution in [0.2, 0.25) is 5.02 Å². The van der Waals surface area contributed by atoms with E-state index < -0.39 is 5.91 Å². The van der Waals surface area contributed by atoms with Crippen LogP contribution in [0.4, 0.5) is 5.69 Å². The summed E-state index contributed by atoms with van der Waals surface area (Å²) in [4.78, 5) is 12.2. The first kappa shape index (κ1) is 15.1. The second kappa shape index (κ2) is 6.14. The number of benzene rings is 2. The molecule has 0 aliphatic heterocycles. The third kappa shape index (κ3) is 3.35. The number of carbonyl (C=O) groups excluding carboxylic acids is 1. The van der Waals surface area contributed by atoms with E-state index >= 15 is 0 Å². The molecule has 0 saturated carbocycles. The Hall–Kier alpha value is -2.79. The van der Waals surface area contributed by atoms with Crippen molar-refractivity contribution in [3.63, 3.8) is 0 Å². The molecule has 0 bridgehead atoms. The van der Waals surface area contributed by atoms with Gasteiger partial charge in [-0.25, -0.2) is 0 Å². The Morgan fingerprint density at radius 1 is 1.17 bits per heavy atom. The highest BCUT2D eigenvalue weighted by Gasteiger charge is 2.16. The van der Waals surface area contributed by atoms with Crippen molar-refractivity contribution in [2.45, 2.75) is 6.92 Å². The lowest BCUT2D eigenvalue weighted by Crippen LogP contribution is -2.10. The molecule has 6 heteroatoms. The zero-order valence-electron chi connectivity index (χ0n) is 12.2. The fourth-order valence-electron chi connectivity index (χ4n) is 2.03. The number of carbonyl (C=O) groups is 1. The number of nitrogens with one attached hydrogen (secondary N) is 1. The fourth-order valence-corrected chi connectivity index (χ4v) is 2.21. The third-order valence-electron chi connectivity index (χ3n) is 3.29. The molecule has 2 aromatic carbocycles. The van der Waals surface area contributed by atoms with Gasteiger partial charge in [0.2, 0.25) is 5.76 Å². The van der Waals surface area contributed by atoms with E-state index in [4.69, 9.17) is 16.1 Å². The van der Waals surface area contributed by atoms with Gasteiger partial charge in [-0.15, -0.1) is 0 Å². The van der Waals surface area contributed by atoms with E-state index in [9.17, 15) is 9.90 Å². The summed E-state index contributed by atoms with van der Waals surface area (Å²) in [5.74, 6) is -0.561. The summed E-state index contributed by atoms with van der Waals surface area (Å²) < 4.78 is 5.08. The van der Waals surface area contributed by atoms with Crippen LogP contribution in [0.15, 0.2) is 53.1 Å². The molecule has 3 rings (SSSR count). The zero-order chi connectivity index (χ0) is 16.4. The highest BCUT2D eigenvalue weighted by molar-refractivity contribution is 6.31. The average molecular weight is 329 g/mol. The molecule has 0 saturated heterocycles. The highest BCUT2D eigenvalue weighted by Crippen LogP contribution is 2.27. The molecule has 0 aliphatic carbocycles. The number of aryl methyl sites for hydroxylation is 1. The smallest absolute Gasteiger partial charge is 0.294 e. The average Bonchev–Trinajstić information content (AvgIpc) is 3.02. The van der Waals surface area contributed by atoms with Gasteiger partial charge in [-0.1, -0.05) is 46.6 Å². The molecule has 1 aromatic heterocycles. The number of phenols is 1. The van der Waals surface area contributed by atoms with Crippen LogP contribution in [-0.2, 0) is 0 Å². The lowest BCUT2D eigenvalue weighted by Gasteiger charge is -2.05. The van der Waals surface area contributed by atoms with Crippen LogP contribution in [0.25, 0.3) is 11.3 Å². The van der Waals surface area contributed by atoms with Crippen molar-refractivity contribution in [2.75, 3.05) is 5.32 Å². The van der Waals surface area contributed by atoms with Crippen LogP contribution < -0.4 is 5.32 Å². The molecule has 0 aliphatic rings. The number of aromatic hydroxyl groups is 1. The van der Waals surface area contributed by atoms with Crippen molar-refractivity contribution in [3.8, 4) is 17.0 Å². The largest absolute Gasteiger partial charge is 0.506 e. The van der Waals surface area contributed by atoms with Crippen molar-refractivity contribution in [1.29, 1.82) is 0 Å². The molecule has 0 atom stereocenters. The Bertz CT molecular complexity index is 857. The first-order chi connectivity index (χ1) is 11.0. The summed E-state index contributed by atoms with van der Waals surface area (Å²) >= 11 is 5.84. The Morgan fingerprint density at radius 2 is 1.91 bits per heavy atom. The zero-order valence-corrected chi connectivity index (χ0v) is 13.0. The first-order valence-electron chi connectivity index (χ1n) is 6.86. The van der Waals surface area contributed by atoms with E-state index in [0.717, 1.165) is 11.1 Å². The van der Waals surface area contributed by atoms with Gasteiger partial charge in [0, 0.05) is 16.7 Å². The lowest BCUT2D eigenvalue weighted by molar-refractivity contribution is 0.0987. The van der Waals surface area contributed by atoms with Crippen LogP contribution in [0.1, 0.15) is 16.1 Å². The minimum atomic E-state index is -0.520. The summed E-state index contributed by atoms with van der Waals surface area (Å²) in [6.45, 7) is 1.99. The maximum Gasteiger partial charge on any atom is 0.294 e. The number of phenolic OH excluding ortho intramolecular Hbond substituents is 1. The summed E-state index contributed by atoms with van der Waals surface area (Å²) in [6.07, 6.45) is 0. The summed E-state index contributed by atoms with van der Waals surface area (Å²) in [7, 11) is 0. The standard InChI is InChI=1S/C17H13ClN2O3/c1-10-2-4-11(5-3-10)13-9-16(23-20-13)17(22)19-14-8-12(18)6-7-15(14)21/h2-9,21H,1H3,(H,19,22). The Morgan fingerprint density at radius 3 is 2.65 bits per heavy atom. The van der Waals surface area contributed by atoms with Crippen molar-refractivity contribution in [3.05, 3.63) is 64.9 Å². The van der Waals surface area contributed by atoms with E-state index in [2.05, 4.69) is 10.5 Å². The van der Waals surface area contributed by atoms with Crippen LogP contribution in [0, 0.1) is 6.92 Å². The summed E-state index contributed by atoms with van der Waals surface area (Å²) in [5.41, 5.74) is 2.75. The van der Waals surface area contributed by atoms with Gasteiger partial charge in [0.05, 0.1) is 5.69 Å². The number of halogens is 1. The number of rotatable bonds is 3. The monoisotopic (exact) mass is 328 g/mol.